The van der Waals surface area contributed by atoms with Gasteiger partial charge in [0, 0.05) is 11.4 Å². The summed E-state index contributed by atoms with van der Waals surface area (Å²) in [4.78, 5) is 13.4. The Balaban J connectivity index is 1.74. The minimum Gasteiger partial charge on any atom is -0.354 e. The van der Waals surface area contributed by atoms with Gasteiger partial charge in [-0.3, -0.25) is 4.79 Å². The molecule has 1 aliphatic rings. The molecule has 4 rings (SSSR count). The van der Waals surface area contributed by atoms with Gasteiger partial charge in [-0.25, -0.2) is 0 Å². The van der Waals surface area contributed by atoms with Gasteiger partial charge in [0.05, 0.1) is 6.04 Å². The van der Waals surface area contributed by atoms with Crippen LogP contribution < -0.4 is 16.0 Å². The largest absolute Gasteiger partial charge is 0.354 e. The SMILES string of the molecule is C=C1NC(=S)N[C@H](c2cccc3ccccc23)[C@H]1C(=O)Nc1cc(C)ccc1C. The van der Waals surface area contributed by atoms with Crippen LogP contribution in [-0.2, 0) is 4.79 Å². The molecule has 3 N–H and O–H groups in total. The van der Waals surface area contributed by atoms with E-state index < -0.39 is 5.92 Å². The molecular formula is C24H23N3OS. The van der Waals surface area contributed by atoms with E-state index in [-0.39, 0.29) is 11.9 Å². The maximum Gasteiger partial charge on any atom is 0.235 e. The van der Waals surface area contributed by atoms with Crippen LogP contribution in [0, 0.1) is 19.8 Å². The predicted molar refractivity (Wildman–Crippen MR) is 123 cm³/mol. The molecule has 1 amide bonds. The first-order chi connectivity index (χ1) is 13.9. The van der Waals surface area contributed by atoms with Gasteiger partial charge >= 0.3 is 0 Å². The number of aryl methyl sites for hydroxylation is 2. The fourth-order valence-electron chi connectivity index (χ4n) is 3.85. The molecule has 1 heterocycles. The van der Waals surface area contributed by atoms with Gasteiger partial charge in [0.15, 0.2) is 5.11 Å². The number of benzene rings is 3. The minimum atomic E-state index is -0.521. The van der Waals surface area contributed by atoms with Crippen molar-refractivity contribution in [2.75, 3.05) is 5.32 Å². The van der Waals surface area contributed by atoms with Crippen LogP contribution in [0.5, 0.6) is 0 Å². The summed E-state index contributed by atoms with van der Waals surface area (Å²) in [5.41, 5.74) is 4.54. The summed E-state index contributed by atoms with van der Waals surface area (Å²) in [5, 5.41) is 12.1. The van der Waals surface area contributed by atoms with Gasteiger partial charge in [-0.05, 0) is 59.6 Å². The van der Waals surface area contributed by atoms with Crippen molar-refractivity contribution in [3.8, 4) is 0 Å². The van der Waals surface area contributed by atoms with E-state index in [9.17, 15) is 4.79 Å². The van der Waals surface area contributed by atoms with Gasteiger partial charge < -0.3 is 16.0 Å². The van der Waals surface area contributed by atoms with Crippen molar-refractivity contribution in [1.29, 1.82) is 0 Å². The van der Waals surface area contributed by atoms with Gasteiger partial charge in [0.1, 0.15) is 5.92 Å². The standard InChI is InChI=1S/C24H23N3OS/c1-14-11-12-15(2)20(13-14)26-23(28)21-16(3)25-24(29)27-22(21)19-10-6-8-17-7-4-5-9-18(17)19/h4-13,21-22H,3H2,1-2H3,(H,26,28)(H2,25,27,29)/t21-,22+/m0/s1. The lowest BCUT2D eigenvalue weighted by Crippen LogP contribution is -2.51. The molecule has 0 spiro atoms. The molecule has 0 aliphatic carbocycles. The third-order valence-corrected chi connectivity index (χ3v) is 5.58. The van der Waals surface area contributed by atoms with Crippen molar-refractivity contribution >= 4 is 39.7 Å². The highest BCUT2D eigenvalue weighted by molar-refractivity contribution is 7.80. The Bertz CT molecular complexity index is 1130. The average molecular weight is 402 g/mol. The average Bonchev–Trinajstić information content (AvgIpc) is 2.69. The molecule has 0 aromatic heterocycles. The number of fused-ring (bicyclic) bond motifs is 1. The van der Waals surface area contributed by atoms with Crippen LogP contribution in [0.25, 0.3) is 10.8 Å². The molecule has 3 aromatic carbocycles. The molecule has 1 aliphatic heterocycles. The number of carbonyl (C=O) groups is 1. The molecule has 146 valence electrons. The molecule has 0 radical (unpaired) electrons. The Kier molecular flexibility index (Phi) is 5.07. The van der Waals surface area contributed by atoms with Gasteiger partial charge in [-0.2, -0.15) is 0 Å². The predicted octanol–water partition coefficient (Wildman–Crippen LogP) is 4.74. The van der Waals surface area contributed by atoms with Crippen LogP contribution >= 0.6 is 12.2 Å². The molecule has 0 unspecified atom stereocenters. The van der Waals surface area contributed by atoms with Crippen molar-refractivity contribution in [3.63, 3.8) is 0 Å². The molecule has 0 bridgehead atoms. The van der Waals surface area contributed by atoms with E-state index in [4.69, 9.17) is 12.2 Å². The number of hydrogen-bond acceptors (Lipinski definition) is 2. The summed E-state index contributed by atoms with van der Waals surface area (Å²) in [6.07, 6.45) is 0. The molecule has 0 saturated carbocycles. The van der Waals surface area contributed by atoms with Gasteiger partial charge in [-0.1, -0.05) is 61.2 Å². The monoisotopic (exact) mass is 401 g/mol. The Hall–Kier alpha value is -3.18. The van der Waals surface area contributed by atoms with Crippen molar-refractivity contribution in [2.24, 2.45) is 5.92 Å². The summed E-state index contributed by atoms with van der Waals surface area (Å²) >= 11 is 5.37. The number of carbonyl (C=O) groups excluding carboxylic acids is 1. The van der Waals surface area contributed by atoms with Gasteiger partial charge in [-0.15, -0.1) is 0 Å². The first-order valence-electron chi connectivity index (χ1n) is 9.56. The second-order valence-corrected chi connectivity index (χ2v) is 7.86. The zero-order chi connectivity index (χ0) is 20.5. The second kappa shape index (κ2) is 7.68. The molecule has 4 nitrogen and oxygen atoms in total. The summed E-state index contributed by atoms with van der Waals surface area (Å²) < 4.78 is 0. The third-order valence-electron chi connectivity index (χ3n) is 5.36. The molecule has 2 atom stereocenters. The van der Waals surface area contributed by atoms with Crippen LogP contribution in [0.2, 0.25) is 0 Å². The van der Waals surface area contributed by atoms with Crippen molar-refractivity contribution in [1.82, 2.24) is 10.6 Å². The fraction of sp³-hybridized carbons (Fsp3) is 0.167. The van der Waals surface area contributed by atoms with E-state index in [2.05, 4.69) is 40.7 Å². The van der Waals surface area contributed by atoms with E-state index >= 15 is 0 Å². The maximum atomic E-state index is 13.4. The number of anilines is 1. The summed E-state index contributed by atoms with van der Waals surface area (Å²) in [7, 11) is 0. The smallest absolute Gasteiger partial charge is 0.235 e. The Morgan fingerprint density at radius 2 is 1.83 bits per heavy atom. The zero-order valence-corrected chi connectivity index (χ0v) is 17.3. The highest BCUT2D eigenvalue weighted by atomic mass is 32.1. The van der Waals surface area contributed by atoms with Crippen LogP contribution in [0.4, 0.5) is 5.69 Å². The lowest BCUT2D eigenvalue weighted by atomic mass is 9.86. The van der Waals surface area contributed by atoms with Gasteiger partial charge in [0.2, 0.25) is 5.91 Å². The van der Waals surface area contributed by atoms with E-state index in [1.807, 2.05) is 56.3 Å². The number of rotatable bonds is 3. The number of thiocarbonyl (C=S) groups is 1. The highest BCUT2D eigenvalue weighted by Crippen LogP contribution is 2.34. The summed E-state index contributed by atoms with van der Waals surface area (Å²) in [5.74, 6) is -0.642. The highest BCUT2D eigenvalue weighted by Gasteiger charge is 2.37. The molecule has 1 saturated heterocycles. The molecular weight excluding hydrogens is 378 g/mol. The van der Waals surface area contributed by atoms with E-state index in [0.29, 0.717) is 10.8 Å². The van der Waals surface area contributed by atoms with Crippen LogP contribution in [-0.4, -0.2) is 11.0 Å². The van der Waals surface area contributed by atoms with Crippen molar-refractivity contribution < 1.29 is 4.79 Å². The van der Waals surface area contributed by atoms with E-state index in [1.54, 1.807) is 0 Å². The van der Waals surface area contributed by atoms with Crippen LogP contribution in [0.3, 0.4) is 0 Å². The molecule has 1 fully saturated rings. The third kappa shape index (κ3) is 3.74. The summed E-state index contributed by atoms with van der Waals surface area (Å²) in [6, 6.07) is 20.0. The Labute approximate surface area is 176 Å². The maximum absolute atomic E-state index is 13.4. The summed E-state index contributed by atoms with van der Waals surface area (Å²) in [6.45, 7) is 8.10. The lowest BCUT2D eigenvalue weighted by Gasteiger charge is -2.36. The lowest BCUT2D eigenvalue weighted by molar-refractivity contribution is -0.119. The fourth-order valence-corrected chi connectivity index (χ4v) is 4.11. The van der Waals surface area contributed by atoms with Crippen LogP contribution in [0.1, 0.15) is 22.7 Å². The molecule has 29 heavy (non-hydrogen) atoms. The van der Waals surface area contributed by atoms with Crippen molar-refractivity contribution in [3.05, 3.63) is 89.6 Å². The van der Waals surface area contributed by atoms with Gasteiger partial charge in [0.25, 0.3) is 0 Å². The number of hydrogen-bond donors (Lipinski definition) is 3. The van der Waals surface area contributed by atoms with E-state index in [0.717, 1.165) is 33.2 Å². The second-order valence-electron chi connectivity index (χ2n) is 7.46. The first kappa shape index (κ1) is 19.2. The minimum absolute atomic E-state index is 0.121. The normalized spacial score (nSPS) is 18.8. The molecule has 3 aromatic rings. The quantitative estimate of drug-likeness (QED) is 0.555. The Morgan fingerprint density at radius 3 is 2.66 bits per heavy atom. The topological polar surface area (TPSA) is 53.2 Å². The number of nitrogens with one attached hydrogen (secondary N) is 3. The first-order valence-corrected chi connectivity index (χ1v) is 9.97. The Morgan fingerprint density at radius 1 is 1.07 bits per heavy atom. The van der Waals surface area contributed by atoms with Crippen molar-refractivity contribution in [2.45, 2.75) is 19.9 Å². The number of amides is 1. The zero-order valence-electron chi connectivity index (χ0n) is 16.5. The van der Waals surface area contributed by atoms with E-state index in [1.165, 1.54) is 0 Å². The molecule has 5 heteroatoms. The van der Waals surface area contributed by atoms with Crippen LogP contribution in [0.15, 0.2) is 72.9 Å².